The van der Waals surface area contributed by atoms with Crippen LogP contribution >= 0.6 is 0 Å². The summed E-state index contributed by atoms with van der Waals surface area (Å²) in [6.07, 6.45) is 8.56. The molecule has 0 fully saturated rings. The maximum absolute atomic E-state index is 5.21. The van der Waals surface area contributed by atoms with E-state index in [0.717, 1.165) is 11.3 Å². The van der Waals surface area contributed by atoms with Gasteiger partial charge in [0.2, 0.25) is 0 Å². The zero-order valence-electron chi connectivity index (χ0n) is 24.7. The third-order valence-corrected chi connectivity index (χ3v) is 9.36. The highest BCUT2D eigenvalue weighted by Gasteiger charge is 2.35. The van der Waals surface area contributed by atoms with E-state index in [1.165, 1.54) is 60.1 Å². The summed E-state index contributed by atoms with van der Waals surface area (Å²) in [5.74, 6) is 0. The van der Waals surface area contributed by atoms with Gasteiger partial charge in [-0.2, -0.15) is 0 Å². The van der Waals surface area contributed by atoms with E-state index in [2.05, 4.69) is 175 Å². The van der Waals surface area contributed by atoms with Crippen molar-refractivity contribution in [2.75, 3.05) is 0 Å². The van der Waals surface area contributed by atoms with E-state index in [1.54, 1.807) is 0 Å². The van der Waals surface area contributed by atoms with Crippen LogP contribution in [0.1, 0.15) is 17.2 Å². The van der Waals surface area contributed by atoms with Crippen molar-refractivity contribution in [3.63, 3.8) is 0 Å². The summed E-state index contributed by atoms with van der Waals surface area (Å²) in [5.41, 5.74) is 8.56. The lowest BCUT2D eigenvalue weighted by Gasteiger charge is -2.29. The monoisotopic (exact) mass is 574 g/mol. The second kappa shape index (κ2) is 10.5. The Morgan fingerprint density at radius 3 is 1.76 bits per heavy atom. The third kappa shape index (κ3) is 4.14. The Labute approximate surface area is 262 Å². The van der Waals surface area contributed by atoms with Crippen molar-refractivity contribution in [3.05, 3.63) is 181 Å². The Hall–Kier alpha value is -5.73. The molecule has 7 aromatic rings. The Morgan fingerprint density at radius 1 is 0.467 bits per heavy atom. The van der Waals surface area contributed by atoms with Gasteiger partial charge in [0.25, 0.3) is 0 Å². The lowest BCUT2D eigenvalue weighted by atomic mass is 9.84. The molecule has 2 unspecified atom stereocenters. The van der Waals surface area contributed by atoms with Crippen LogP contribution < -0.4 is 0 Å². The molecule has 0 saturated carbocycles. The van der Waals surface area contributed by atoms with Crippen LogP contribution in [0.3, 0.4) is 0 Å². The summed E-state index contributed by atoms with van der Waals surface area (Å²) in [7, 11) is 0. The molecule has 45 heavy (non-hydrogen) atoms. The van der Waals surface area contributed by atoms with Crippen LogP contribution in [0.2, 0.25) is 0 Å². The molecule has 0 N–H and O–H groups in total. The molecule has 2 nitrogen and oxygen atoms in total. The molecule has 7 aromatic carbocycles. The van der Waals surface area contributed by atoms with Crippen molar-refractivity contribution in [1.82, 2.24) is 4.90 Å². The molecule has 0 saturated heterocycles. The van der Waals surface area contributed by atoms with Crippen molar-refractivity contribution in [1.29, 1.82) is 0 Å². The minimum Gasteiger partial charge on any atom is -0.340 e. The van der Waals surface area contributed by atoms with Crippen LogP contribution in [0.25, 0.3) is 54.6 Å². The summed E-state index contributed by atoms with van der Waals surface area (Å²) in [6.45, 7) is 0. The Balaban J connectivity index is 1.22. The minimum absolute atomic E-state index is 0.0179. The molecule has 2 heterocycles. The molecule has 2 atom stereocenters. The Morgan fingerprint density at radius 2 is 1.04 bits per heavy atom. The zero-order chi connectivity index (χ0) is 29.7. The first-order valence-corrected chi connectivity index (χ1v) is 15.6. The number of hydrogen-bond acceptors (Lipinski definition) is 2. The van der Waals surface area contributed by atoms with Gasteiger partial charge in [-0.3, -0.25) is 4.99 Å². The number of rotatable bonds is 4. The predicted octanol–water partition coefficient (Wildman–Crippen LogP) is 10.7. The average Bonchev–Trinajstić information content (AvgIpc) is 3.51. The van der Waals surface area contributed by atoms with Crippen LogP contribution in [-0.2, 0) is 0 Å². The van der Waals surface area contributed by atoms with E-state index in [1.807, 2.05) is 0 Å². The minimum atomic E-state index is 0.0179. The molecule has 0 radical (unpaired) electrons. The van der Waals surface area contributed by atoms with Gasteiger partial charge in [-0.15, -0.1) is 0 Å². The molecular weight excluding hydrogens is 544 g/mol. The van der Waals surface area contributed by atoms with Gasteiger partial charge in [-0.05, 0) is 77.9 Å². The van der Waals surface area contributed by atoms with E-state index < -0.39 is 0 Å². The summed E-state index contributed by atoms with van der Waals surface area (Å²) in [4.78, 5) is 7.57. The van der Waals surface area contributed by atoms with E-state index >= 15 is 0 Å². The molecule has 9 rings (SSSR count). The molecule has 0 spiro atoms. The molecule has 0 aliphatic carbocycles. The largest absolute Gasteiger partial charge is 0.340 e. The van der Waals surface area contributed by atoms with Crippen LogP contribution in [-0.4, -0.2) is 16.8 Å². The van der Waals surface area contributed by atoms with Gasteiger partial charge in [0, 0.05) is 6.20 Å². The first kappa shape index (κ1) is 25.7. The van der Waals surface area contributed by atoms with Gasteiger partial charge in [0.1, 0.15) is 6.17 Å². The maximum atomic E-state index is 5.21. The highest BCUT2D eigenvalue weighted by Crippen LogP contribution is 2.45. The summed E-state index contributed by atoms with van der Waals surface area (Å²) < 4.78 is 0. The van der Waals surface area contributed by atoms with Gasteiger partial charge in [-0.1, -0.05) is 152 Å². The fourth-order valence-corrected chi connectivity index (χ4v) is 7.38. The molecule has 0 amide bonds. The predicted molar refractivity (Wildman–Crippen MR) is 189 cm³/mol. The average molecular weight is 575 g/mol. The Kier molecular flexibility index (Phi) is 5.99. The normalized spacial score (nSPS) is 17.2. The van der Waals surface area contributed by atoms with E-state index in [9.17, 15) is 0 Å². The van der Waals surface area contributed by atoms with Crippen molar-refractivity contribution in [2.45, 2.75) is 12.2 Å². The molecule has 2 aliphatic heterocycles. The van der Waals surface area contributed by atoms with Crippen LogP contribution in [0, 0.1) is 0 Å². The molecule has 0 aromatic heterocycles. The smallest absolute Gasteiger partial charge is 0.141 e. The molecular formula is C43H30N2. The van der Waals surface area contributed by atoms with Gasteiger partial charge >= 0.3 is 0 Å². The lowest BCUT2D eigenvalue weighted by Crippen LogP contribution is -2.29. The second-order valence-electron chi connectivity index (χ2n) is 11.9. The molecule has 2 heteroatoms. The van der Waals surface area contributed by atoms with E-state index in [4.69, 9.17) is 4.99 Å². The first-order valence-electron chi connectivity index (χ1n) is 15.6. The second-order valence-corrected chi connectivity index (χ2v) is 11.9. The number of nitrogens with zero attached hydrogens (tertiary/aromatic N) is 2. The maximum Gasteiger partial charge on any atom is 0.141 e. The van der Waals surface area contributed by atoms with E-state index in [-0.39, 0.29) is 12.2 Å². The van der Waals surface area contributed by atoms with Gasteiger partial charge in [-0.25, -0.2) is 0 Å². The van der Waals surface area contributed by atoms with Crippen LogP contribution in [0.15, 0.2) is 175 Å². The first-order chi connectivity index (χ1) is 22.3. The summed E-state index contributed by atoms with van der Waals surface area (Å²) in [6, 6.07) is 53.0. The fraction of sp³-hybridized carbons (Fsp3) is 0.0465. The van der Waals surface area contributed by atoms with Crippen molar-refractivity contribution in [3.8, 4) is 22.3 Å². The van der Waals surface area contributed by atoms with Crippen LogP contribution in [0.5, 0.6) is 0 Å². The zero-order valence-corrected chi connectivity index (χ0v) is 24.7. The van der Waals surface area contributed by atoms with Crippen molar-refractivity contribution < 1.29 is 0 Å². The van der Waals surface area contributed by atoms with Gasteiger partial charge in [0.05, 0.1) is 11.8 Å². The lowest BCUT2D eigenvalue weighted by molar-refractivity contribution is 0.321. The SMILES string of the molecule is C1=CC2N=C(c3ccc(-c4c5ccccc5c(-c5cccc6ccccc56)c5ccccc45)cc3)C(c3ccccc3)N2C=C1. The number of aliphatic imine (C=N–C) groups is 1. The van der Waals surface area contributed by atoms with Crippen molar-refractivity contribution in [2.24, 2.45) is 4.99 Å². The molecule has 0 bridgehead atoms. The summed E-state index contributed by atoms with van der Waals surface area (Å²) >= 11 is 0. The number of benzene rings is 7. The van der Waals surface area contributed by atoms with E-state index in [0.29, 0.717) is 0 Å². The quantitative estimate of drug-likeness (QED) is 0.191. The highest BCUT2D eigenvalue weighted by atomic mass is 15.3. The van der Waals surface area contributed by atoms with Crippen LogP contribution in [0.4, 0.5) is 0 Å². The summed E-state index contributed by atoms with van der Waals surface area (Å²) in [5, 5.41) is 7.60. The number of fused-ring (bicyclic) bond motifs is 4. The molecule has 2 aliphatic rings. The van der Waals surface area contributed by atoms with Gasteiger partial charge < -0.3 is 4.90 Å². The third-order valence-electron chi connectivity index (χ3n) is 9.36. The highest BCUT2D eigenvalue weighted by molar-refractivity contribution is 6.23. The topological polar surface area (TPSA) is 15.6 Å². The Bertz CT molecular complexity index is 2270. The van der Waals surface area contributed by atoms with Gasteiger partial charge in [0.15, 0.2) is 0 Å². The fourth-order valence-electron chi connectivity index (χ4n) is 7.38. The number of hydrogen-bond donors (Lipinski definition) is 0. The standard InChI is InChI=1S/C43H30N2/c1-2-14-32(15-3-1)43-42(44-39-23-10-11-28-45(39)43)31-26-24-30(25-27-31)40-35-18-6-8-20-37(35)41(38-21-9-7-19-36(38)40)34-22-12-16-29-13-4-5-17-33(29)34/h1-28,39,43H. The van der Waals surface area contributed by atoms with Crippen molar-refractivity contribution >= 4 is 38.0 Å². The molecule has 212 valence electrons. The number of allylic oxidation sites excluding steroid dienone is 2.